The summed E-state index contributed by atoms with van der Waals surface area (Å²) in [5, 5.41) is 1.08. The second-order valence-electron chi connectivity index (χ2n) is 7.57. The lowest BCUT2D eigenvalue weighted by Crippen LogP contribution is -2.26. The van der Waals surface area contributed by atoms with Crippen molar-refractivity contribution in [3.63, 3.8) is 0 Å². The van der Waals surface area contributed by atoms with Crippen LogP contribution in [0.2, 0.25) is 0 Å². The van der Waals surface area contributed by atoms with Gasteiger partial charge in [-0.2, -0.15) is 13.5 Å². The SMILES string of the molecule is CC[C@@]1(c2cccc(-c3cn(C)c4cnc(CC(C)=O)cc34)n2)CCOC1.S. The molecular formula is C22H27N3O2S. The van der Waals surface area contributed by atoms with Crippen LogP contribution in [0.25, 0.3) is 22.2 Å². The van der Waals surface area contributed by atoms with Gasteiger partial charge in [0.2, 0.25) is 0 Å². The highest BCUT2D eigenvalue weighted by molar-refractivity contribution is 7.59. The highest BCUT2D eigenvalue weighted by Crippen LogP contribution is 2.37. The third-order valence-electron chi connectivity index (χ3n) is 5.71. The van der Waals surface area contributed by atoms with Crippen LogP contribution in [-0.2, 0) is 28.4 Å². The van der Waals surface area contributed by atoms with E-state index in [9.17, 15) is 4.79 Å². The summed E-state index contributed by atoms with van der Waals surface area (Å²) in [6.45, 7) is 5.34. The van der Waals surface area contributed by atoms with Gasteiger partial charge in [-0.15, -0.1) is 0 Å². The zero-order chi connectivity index (χ0) is 19.0. The number of aryl methyl sites for hydroxylation is 1. The zero-order valence-corrected chi connectivity index (χ0v) is 17.7. The van der Waals surface area contributed by atoms with Crippen molar-refractivity contribution in [1.82, 2.24) is 14.5 Å². The largest absolute Gasteiger partial charge is 0.380 e. The Morgan fingerprint density at radius 1 is 1.36 bits per heavy atom. The van der Waals surface area contributed by atoms with Crippen molar-refractivity contribution in [3.8, 4) is 11.3 Å². The van der Waals surface area contributed by atoms with Gasteiger partial charge >= 0.3 is 0 Å². The molecule has 5 nitrogen and oxygen atoms in total. The van der Waals surface area contributed by atoms with Gasteiger partial charge in [0.1, 0.15) is 5.78 Å². The number of carbonyl (C=O) groups excluding carboxylic acids is 1. The van der Waals surface area contributed by atoms with E-state index in [-0.39, 0.29) is 24.7 Å². The molecule has 0 spiro atoms. The predicted octanol–water partition coefficient (Wildman–Crippen LogP) is 3.95. The highest BCUT2D eigenvalue weighted by Gasteiger charge is 2.36. The maximum atomic E-state index is 11.5. The van der Waals surface area contributed by atoms with Crippen molar-refractivity contribution in [2.24, 2.45) is 7.05 Å². The summed E-state index contributed by atoms with van der Waals surface area (Å²) in [7, 11) is 2.01. The van der Waals surface area contributed by atoms with Gasteiger partial charge in [0, 0.05) is 54.0 Å². The molecule has 3 aromatic heterocycles. The maximum absolute atomic E-state index is 11.5. The molecule has 0 aliphatic carbocycles. The molecule has 4 heterocycles. The Kier molecular flexibility index (Phi) is 5.91. The van der Waals surface area contributed by atoms with Gasteiger partial charge in [0.25, 0.3) is 0 Å². The van der Waals surface area contributed by atoms with E-state index >= 15 is 0 Å². The van der Waals surface area contributed by atoms with Crippen LogP contribution in [0.1, 0.15) is 38.1 Å². The number of rotatable bonds is 5. The molecule has 1 aliphatic rings. The monoisotopic (exact) mass is 397 g/mol. The third kappa shape index (κ3) is 3.59. The van der Waals surface area contributed by atoms with Crippen molar-refractivity contribution in [3.05, 3.63) is 48.0 Å². The molecule has 1 fully saturated rings. The molecule has 0 N–H and O–H groups in total. The molecule has 1 atom stereocenters. The highest BCUT2D eigenvalue weighted by atomic mass is 32.1. The van der Waals surface area contributed by atoms with Crippen LogP contribution in [0, 0.1) is 0 Å². The van der Waals surface area contributed by atoms with Crippen LogP contribution in [0.5, 0.6) is 0 Å². The summed E-state index contributed by atoms with van der Waals surface area (Å²) >= 11 is 0. The average molecular weight is 398 g/mol. The zero-order valence-electron chi connectivity index (χ0n) is 16.7. The lowest BCUT2D eigenvalue weighted by Gasteiger charge is -2.25. The van der Waals surface area contributed by atoms with Crippen molar-refractivity contribution in [2.75, 3.05) is 13.2 Å². The molecule has 1 saturated heterocycles. The number of hydrogen-bond acceptors (Lipinski definition) is 4. The summed E-state index contributed by atoms with van der Waals surface area (Å²) in [6.07, 6.45) is 6.33. The van der Waals surface area contributed by atoms with E-state index < -0.39 is 0 Å². The summed E-state index contributed by atoms with van der Waals surface area (Å²) in [6, 6.07) is 8.29. The van der Waals surface area contributed by atoms with Crippen molar-refractivity contribution >= 4 is 30.2 Å². The van der Waals surface area contributed by atoms with Crippen LogP contribution >= 0.6 is 13.5 Å². The van der Waals surface area contributed by atoms with E-state index in [0.717, 1.165) is 59.6 Å². The van der Waals surface area contributed by atoms with Gasteiger partial charge in [-0.25, -0.2) is 0 Å². The number of pyridine rings is 2. The second kappa shape index (κ2) is 8.05. The first kappa shape index (κ1) is 20.6. The second-order valence-corrected chi connectivity index (χ2v) is 7.57. The Labute approximate surface area is 172 Å². The topological polar surface area (TPSA) is 57.0 Å². The van der Waals surface area contributed by atoms with Crippen LogP contribution < -0.4 is 0 Å². The van der Waals surface area contributed by atoms with Crippen molar-refractivity contribution in [1.29, 1.82) is 0 Å². The lowest BCUT2D eigenvalue weighted by atomic mass is 9.80. The van der Waals surface area contributed by atoms with Gasteiger partial charge in [-0.05, 0) is 38.0 Å². The van der Waals surface area contributed by atoms with E-state index in [4.69, 9.17) is 9.72 Å². The van der Waals surface area contributed by atoms with Crippen LogP contribution in [0.3, 0.4) is 0 Å². The molecule has 148 valence electrons. The number of Topliss-reactive ketones (excluding diaryl/α,β-unsaturated/α-hetero) is 1. The molecule has 6 heteroatoms. The van der Waals surface area contributed by atoms with Crippen molar-refractivity contribution < 1.29 is 9.53 Å². The van der Waals surface area contributed by atoms with Gasteiger partial charge in [0.05, 0.1) is 24.0 Å². The van der Waals surface area contributed by atoms with Crippen molar-refractivity contribution in [2.45, 2.75) is 38.5 Å². The molecule has 0 unspecified atom stereocenters. The number of aromatic nitrogens is 3. The molecule has 0 saturated carbocycles. The number of ketones is 1. The smallest absolute Gasteiger partial charge is 0.135 e. The Balaban J connectivity index is 0.00000225. The van der Waals surface area contributed by atoms with E-state index in [1.54, 1.807) is 6.92 Å². The molecule has 28 heavy (non-hydrogen) atoms. The number of nitrogens with zero attached hydrogens (tertiary/aromatic N) is 3. The number of fused-ring (bicyclic) bond motifs is 1. The average Bonchev–Trinajstić information content (AvgIpc) is 3.27. The van der Waals surface area contributed by atoms with Crippen LogP contribution in [0.15, 0.2) is 36.7 Å². The Morgan fingerprint density at radius 2 is 2.18 bits per heavy atom. The maximum Gasteiger partial charge on any atom is 0.135 e. The first-order valence-electron chi connectivity index (χ1n) is 9.51. The lowest BCUT2D eigenvalue weighted by molar-refractivity contribution is -0.116. The summed E-state index contributed by atoms with van der Waals surface area (Å²) in [5.74, 6) is 0.116. The molecule has 0 aromatic carbocycles. The summed E-state index contributed by atoms with van der Waals surface area (Å²) in [5.41, 5.74) is 4.99. The standard InChI is InChI=1S/C22H25N3O2.H2S/c1-4-22(8-9-27-14-22)21-7-5-6-19(24-21)18-13-25(3)20-12-23-16(10-15(2)26)11-17(18)20;/h5-7,11-13H,4,8-10,14H2,1-3H3;1H2/t22-;/m1./s1. The first-order chi connectivity index (χ1) is 13.0. The Bertz CT molecular complexity index is 1010. The number of carbonyl (C=O) groups is 1. The van der Waals surface area contributed by atoms with Gasteiger partial charge < -0.3 is 9.30 Å². The third-order valence-corrected chi connectivity index (χ3v) is 5.71. The molecule has 0 amide bonds. The predicted molar refractivity (Wildman–Crippen MR) is 116 cm³/mol. The minimum atomic E-state index is 0. The summed E-state index contributed by atoms with van der Waals surface area (Å²) < 4.78 is 7.76. The molecule has 4 rings (SSSR count). The van der Waals surface area contributed by atoms with E-state index in [1.807, 2.05) is 19.3 Å². The quantitative estimate of drug-likeness (QED) is 0.654. The number of hydrogen-bond donors (Lipinski definition) is 0. The molecule has 0 radical (unpaired) electrons. The van der Waals surface area contributed by atoms with Gasteiger partial charge in [-0.3, -0.25) is 14.8 Å². The fourth-order valence-electron chi connectivity index (χ4n) is 4.03. The number of ether oxygens (including phenoxy) is 1. The van der Waals surface area contributed by atoms with Crippen LogP contribution in [0.4, 0.5) is 0 Å². The molecule has 1 aliphatic heterocycles. The van der Waals surface area contributed by atoms with Crippen LogP contribution in [-0.4, -0.2) is 33.5 Å². The fraction of sp³-hybridized carbons (Fsp3) is 0.409. The molecule has 3 aromatic rings. The minimum Gasteiger partial charge on any atom is -0.380 e. The van der Waals surface area contributed by atoms with E-state index in [0.29, 0.717) is 6.42 Å². The van der Waals surface area contributed by atoms with E-state index in [2.05, 4.69) is 40.9 Å². The molecular weight excluding hydrogens is 370 g/mol. The fourth-order valence-corrected chi connectivity index (χ4v) is 4.03. The van der Waals surface area contributed by atoms with Gasteiger partial charge in [-0.1, -0.05) is 13.0 Å². The molecule has 0 bridgehead atoms. The van der Waals surface area contributed by atoms with Gasteiger partial charge in [0.15, 0.2) is 0 Å². The van der Waals surface area contributed by atoms with E-state index in [1.165, 1.54) is 0 Å². The first-order valence-corrected chi connectivity index (χ1v) is 9.51. The summed E-state index contributed by atoms with van der Waals surface area (Å²) in [4.78, 5) is 21.0. The Morgan fingerprint density at radius 3 is 2.86 bits per heavy atom. The normalized spacial score (nSPS) is 19.0. The minimum absolute atomic E-state index is 0. The Hall–Kier alpha value is -2.18.